The number of carbonyl (C=O) groups excluding carboxylic acids is 1. The third-order valence-corrected chi connectivity index (χ3v) is 5.06. The Morgan fingerprint density at radius 1 is 1.20 bits per heavy atom. The van der Waals surface area contributed by atoms with Crippen LogP contribution in [0, 0.1) is 0 Å². The summed E-state index contributed by atoms with van der Waals surface area (Å²) in [7, 11) is 0. The zero-order valence-corrected chi connectivity index (χ0v) is 14.6. The van der Waals surface area contributed by atoms with Gasteiger partial charge in [-0.1, -0.05) is 37.3 Å². The summed E-state index contributed by atoms with van der Waals surface area (Å²) < 4.78 is 2.21. The molecule has 1 aromatic carbocycles. The van der Waals surface area contributed by atoms with E-state index >= 15 is 0 Å². The number of fused-ring (bicyclic) bond motifs is 1. The van der Waals surface area contributed by atoms with Crippen LogP contribution in [0.5, 0.6) is 0 Å². The molecule has 1 amide bonds. The molecule has 2 aliphatic rings. The Bertz CT molecular complexity index is 724. The van der Waals surface area contributed by atoms with Crippen LogP contribution in [0.15, 0.2) is 30.3 Å². The maximum absolute atomic E-state index is 12.8. The summed E-state index contributed by atoms with van der Waals surface area (Å²) in [4.78, 5) is 12.8. The first-order valence-corrected chi connectivity index (χ1v) is 9.27. The average molecular weight is 339 g/mol. The molecule has 0 radical (unpaired) electrons. The van der Waals surface area contributed by atoms with Crippen LogP contribution in [-0.2, 0) is 24.2 Å². The van der Waals surface area contributed by atoms with Crippen molar-refractivity contribution in [3.05, 3.63) is 47.5 Å². The summed E-state index contributed by atoms with van der Waals surface area (Å²) in [5.74, 6) is 2.17. The Kier molecular flexibility index (Phi) is 4.53. The fourth-order valence-electron chi connectivity index (χ4n) is 3.50. The number of nitrogens with one attached hydrogen (secondary N) is 2. The molecule has 6 heteroatoms. The molecule has 0 unspecified atom stereocenters. The van der Waals surface area contributed by atoms with Crippen LogP contribution in [0.4, 0.5) is 0 Å². The van der Waals surface area contributed by atoms with E-state index in [1.807, 2.05) is 30.3 Å². The molecule has 0 spiro atoms. The van der Waals surface area contributed by atoms with Crippen molar-refractivity contribution in [3.8, 4) is 0 Å². The predicted octanol–water partition coefficient (Wildman–Crippen LogP) is 1.76. The van der Waals surface area contributed by atoms with E-state index in [2.05, 4.69) is 32.3 Å². The zero-order chi connectivity index (χ0) is 17.2. The fourth-order valence-corrected chi connectivity index (χ4v) is 3.50. The molecule has 25 heavy (non-hydrogen) atoms. The zero-order valence-electron chi connectivity index (χ0n) is 14.6. The maximum atomic E-state index is 12.8. The van der Waals surface area contributed by atoms with E-state index in [0.29, 0.717) is 6.04 Å². The van der Waals surface area contributed by atoms with Crippen molar-refractivity contribution in [1.29, 1.82) is 0 Å². The fraction of sp³-hybridized carbons (Fsp3) is 0.526. The largest absolute Gasteiger partial charge is 0.352 e. The number of amides is 1. The second-order valence-corrected chi connectivity index (χ2v) is 7.03. The summed E-state index contributed by atoms with van der Waals surface area (Å²) >= 11 is 0. The van der Waals surface area contributed by atoms with Crippen LogP contribution < -0.4 is 10.6 Å². The molecule has 2 N–H and O–H groups in total. The monoisotopic (exact) mass is 339 g/mol. The van der Waals surface area contributed by atoms with Gasteiger partial charge in [-0.15, -0.1) is 10.2 Å². The topological polar surface area (TPSA) is 71.8 Å². The molecule has 132 valence electrons. The predicted molar refractivity (Wildman–Crippen MR) is 95.0 cm³/mol. The van der Waals surface area contributed by atoms with Crippen molar-refractivity contribution in [2.24, 2.45) is 0 Å². The van der Waals surface area contributed by atoms with Crippen LogP contribution in [0.3, 0.4) is 0 Å². The molecule has 1 saturated carbocycles. The number of carbonyl (C=O) groups is 1. The first-order valence-electron chi connectivity index (χ1n) is 9.27. The van der Waals surface area contributed by atoms with Gasteiger partial charge in [0.2, 0.25) is 5.91 Å². The van der Waals surface area contributed by atoms with Gasteiger partial charge in [0.25, 0.3) is 0 Å². The van der Waals surface area contributed by atoms with Crippen LogP contribution in [-0.4, -0.2) is 32.8 Å². The highest BCUT2D eigenvalue weighted by atomic mass is 16.2. The van der Waals surface area contributed by atoms with Crippen molar-refractivity contribution in [2.45, 2.75) is 63.7 Å². The van der Waals surface area contributed by atoms with Crippen molar-refractivity contribution in [1.82, 2.24) is 25.4 Å². The highest BCUT2D eigenvalue weighted by molar-refractivity contribution is 5.83. The summed E-state index contributed by atoms with van der Waals surface area (Å²) in [6.45, 7) is 2.93. The third kappa shape index (κ3) is 3.58. The number of hydrogen-bond acceptors (Lipinski definition) is 4. The first-order chi connectivity index (χ1) is 12.2. The molecule has 2 atom stereocenters. The van der Waals surface area contributed by atoms with Crippen molar-refractivity contribution < 1.29 is 4.79 Å². The summed E-state index contributed by atoms with van der Waals surface area (Å²) in [5.41, 5.74) is 1.02. The van der Waals surface area contributed by atoms with Gasteiger partial charge in [0, 0.05) is 31.5 Å². The molecular weight excluding hydrogens is 314 g/mol. The van der Waals surface area contributed by atoms with Crippen LogP contribution in [0.2, 0.25) is 0 Å². The molecule has 0 bridgehead atoms. The van der Waals surface area contributed by atoms with Crippen LogP contribution in [0.1, 0.15) is 49.4 Å². The van der Waals surface area contributed by atoms with E-state index in [9.17, 15) is 4.79 Å². The van der Waals surface area contributed by atoms with Crippen molar-refractivity contribution >= 4 is 5.91 Å². The molecule has 1 aliphatic carbocycles. The number of nitrogens with zero attached hydrogens (tertiary/aromatic N) is 3. The number of aromatic nitrogens is 3. The smallest absolute Gasteiger partial charge is 0.241 e. The lowest BCUT2D eigenvalue weighted by Crippen LogP contribution is -2.46. The summed E-state index contributed by atoms with van der Waals surface area (Å²) in [6, 6.07) is 10.3. The number of benzene rings is 1. The summed E-state index contributed by atoms with van der Waals surface area (Å²) in [5, 5.41) is 15.3. The van der Waals surface area contributed by atoms with E-state index in [1.54, 1.807) is 0 Å². The molecule has 4 rings (SSSR count). The molecule has 2 aromatic rings. The molecular formula is C19H25N5O. The van der Waals surface area contributed by atoms with E-state index in [0.717, 1.165) is 55.9 Å². The Balaban J connectivity index is 1.51. The lowest BCUT2D eigenvalue weighted by atomic mass is 10.0. The van der Waals surface area contributed by atoms with E-state index in [-0.39, 0.29) is 18.0 Å². The molecule has 1 aromatic heterocycles. The van der Waals surface area contributed by atoms with Crippen LogP contribution in [0.25, 0.3) is 0 Å². The number of aryl methyl sites for hydroxylation is 2. The maximum Gasteiger partial charge on any atom is 0.241 e. The number of hydrogen-bond donors (Lipinski definition) is 2. The first kappa shape index (κ1) is 16.3. The van der Waals surface area contributed by atoms with Gasteiger partial charge < -0.3 is 9.88 Å². The lowest BCUT2D eigenvalue weighted by Gasteiger charge is -2.29. The minimum atomic E-state index is -0.310. The quantitative estimate of drug-likeness (QED) is 0.841. The highest BCUT2D eigenvalue weighted by Crippen LogP contribution is 2.23. The number of rotatable bonds is 6. The average Bonchev–Trinajstić information content (AvgIpc) is 3.36. The molecule has 6 nitrogen and oxygen atoms in total. The minimum absolute atomic E-state index is 0.0824. The van der Waals surface area contributed by atoms with Gasteiger partial charge in [-0.05, 0) is 24.8 Å². The van der Waals surface area contributed by atoms with E-state index in [1.165, 1.54) is 0 Å². The lowest BCUT2D eigenvalue weighted by molar-refractivity contribution is -0.123. The van der Waals surface area contributed by atoms with Crippen molar-refractivity contribution in [3.63, 3.8) is 0 Å². The molecule has 1 aliphatic heterocycles. The minimum Gasteiger partial charge on any atom is -0.352 e. The Hall–Kier alpha value is -2.21. The molecule has 1 fully saturated rings. The van der Waals surface area contributed by atoms with Gasteiger partial charge in [-0.25, -0.2) is 0 Å². The SMILES string of the molecule is CCc1nnc2n1C[C@H](N[C@@H](C(=O)NC1CC1)c1ccccc1)CC2. The van der Waals surface area contributed by atoms with E-state index < -0.39 is 0 Å². The van der Waals surface area contributed by atoms with Gasteiger partial charge in [-0.3, -0.25) is 10.1 Å². The van der Waals surface area contributed by atoms with Gasteiger partial charge in [0.15, 0.2) is 0 Å². The molecule has 2 heterocycles. The second kappa shape index (κ2) is 6.96. The van der Waals surface area contributed by atoms with E-state index in [4.69, 9.17) is 0 Å². The second-order valence-electron chi connectivity index (χ2n) is 7.03. The van der Waals surface area contributed by atoms with Gasteiger partial charge >= 0.3 is 0 Å². The standard InChI is InChI=1S/C19H25N5O/c1-2-16-22-23-17-11-10-15(12-24(16)17)20-18(13-6-4-3-5-7-13)19(25)21-14-8-9-14/h3-7,14-15,18,20H,2,8-12H2,1H3,(H,21,25)/t15-,18-/m1/s1. The highest BCUT2D eigenvalue weighted by Gasteiger charge is 2.31. The van der Waals surface area contributed by atoms with Crippen LogP contribution >= 0.6 is 0 Å². The van der Waals surface area contributed by atoms with Crippen molar-refractivity contribution in [2.75, 3.05) is 0 Å². The van der Waals surface area contributed by atoms with Gasteiger partial charge in [0.1, 0.15) is 17.7 Å². The molecule has 0 saturated heterocycles. The summed E-state index contributed by atoms with van der Waals surface area (Å²) in [6.07, 6.45) is 4.95. The Morgan fingerprint density at radius 2 is 2.00 bits per heavy atom. The normalized spacial score (nSPS) is 20.8. The third-order valence-electron chi connectivity index (χ3n) is 5.06. The Labute approximate surface area is 148 Å². The Morgan fingerprint density at radius 3 is 2.72 bits per heavy atom. The van der Waals surface area contributed by atoms with Gasteiger partial charge in [-0.2, -0.15) is 0 Å². The van der Waals surface area contributed by atoms with Gasteiger partial charge in [0.05, 0.1) is 0 Å².